The fraction of sp³-hybridized carbons (Fsp3) is 0.100. The Morgan fingerprint density at radius 2 is 1.92 bits per heavy atom. The number of aliphatic hydroxyl groups excluding tert-OH is 1. The van der Waals surface area contributed by atoms with Crippen molar-refractivity contribution in [2.45, 2.75) is 6.61 Å². The van der Waals surface area contributed by atoms with Gasteiger partial charge in [0.2, 0.25) is 0 Å². The first-order chi connectivity index (χ1) is 11.7. The van der Waals surface area contributed by atoms with Gasteiger partial charge in [0.25, 0.3) is 0 Å². The number of ether oxygens (including phenoxy) is 1. The smallest absolute Gasteiger partial charge is 0.356 e. The maximum absolute atomic E-state index is 11.7. The van der Waals surface area contributed by atoms with Crippen LogP contribution >= 0.6 is 0 Å². The summed E-state index contributed by atoms with van der Waals surface area (Å²) in [5.74, 6) is 5.61. The van der Waals surface area contributed by atoms with Crippen LogP contribution in [0.1, 0.15) is 27.3 Å². The van der Waals surface area contributed by atoms with Crippen LogP contribution in [-0.4, -0.2) is 23.2 Å². The second-order valence-corrected chi connectivity index (χ2v) is 5.16. The molecule has 0 aliphatic carbocycles. The molecule has 0 spiro atoms. The van der Waals surface area contributed by atoms with Crippen molar-refractivity contribution in [3.05, 3.63) is 77.1 Å². The maximum Gasteiger partial charge on any atom is 0.356 e. The Hall–Kier alpha value is -3.16. The molecule has 24 heavy (non-hydrogen) atoms. The number of hydrogen-bond donors (Lipinski definition) is 1. The average molecular weight is 317 g/mol. The van der Waals surface area contributed by atoms with Crippen molar-refractivity contribution < 1.29 is 14.6 Å². The van der Waals surface area contributed by atoms with Gasteiger partial charge in [0.1, 0.15) is 5.69 Å². The van der Waals surface area contributed by atoms with Gasteiger partial charge in [-0.05, 0) is 29.0 Å². The third-order valence-electron chi connectivity index (χ3n) is 3.57. The zero-order valence-electron chi connectivity index (χ0n) is 13.1. The van der Waals surface area contributed by atoms with E-state index in [1.54, 1.807) is 12.1 Å². The van der Waals surface area contributed by atoms with E-state index in [9.17, 15) is 9.90 Å². The fourth-order valence-electron chi connectivity index (χ4n) is 2.42. The summed E-state index contributed by atoms with van der Waals surface area (Å²) < 4.78 is 4.68. The van der Waals surface area contributed by atoms with Gasteiger partial charge in [0, 0.05) is 11.1 Å². The van der Waals surface area contributed by atoms with E-state index in [0.717, 1.165) is 16.3 Å². The van der Waals surface area contributed by atoms with E-state index in [4.69, 9.17) is 0 Å². The van der Waals surface area contributed by atoms with Crippen molar-refractivity contribution in [1.29, 1.82) is 0 Å². The van der Waals surface area contributed by atoms with Crippen LogP contribution in [0.5, 0.6) is 0 Å². The van der Waals surface area contributed by atoms with Gasteiger partial charge in [-0.25, -0.2) is 9.78 Å². The van der Waals surface area contributed by atoms with E-state index in [2.05, 4.69) is 21.6 Å². The molecule has 1 heterocycles. The Labute approximate surface area is 139 Å². The van der Waals surface area contributed by atoms with Crippen molar-refractivity contribution in [2.75, 3.05) is 7.11 Å². The lowest BCUT2D eigenvalue weighted by atomic mass is 10.0. The molecule has 0 fully saturated rings. The highest BCUT2D eigenvalue weighted by Gasteiger charge is 2.09. The van der Waals surface area contributed by atoms with Crippen LogP contribution < -0.4 is 0 Å². The van der Waals surface area contributed by atoms with Crippen LogP contribution in [0.3, 0.4) is 0 Å². The number of hydrogen-bond acceptors (Lipinski definition) is 4. The van der Waals surface area contributed by atoms with E-state index in [-0.39, 0.29) is 12.3 Å². The van der Waals surface area contributed by atoms with E-state index >= 15 is 0 Å². The van der Waals surface area contributed by atoms with Crippen LogP contribution in [0.4, 0.5) is 0 Å². The topological polar surface area (TPSA) is 59.4 Å². The van der Waals surface area contributed by atoms with Gasteiger partial charge in [-0.15, -0.1) is 0 Å². The third-order valence-corrected chi connectivity index (χ3v) is 3.57. The lowest BCUT2D eigenvalue weighted by Gasteiger charge is -2.03. The van der Waals surface area contributed by atoms with Crippen LogP contribution in [0.25, 0.3) is 10.8 Å². The number of fused-ring (bicyclic) bond motifs is 1. The zero-order valence-corrected chi connectivity index (χ0v) is 13.1. The average Bonchev–Trinajstić information content (AvgIpc) is 2.65. The highest BCUT2D eigenvalue weighted by atomic mass is 16.5. The molecule has 3 rings (SSSR count). The van der Waals surface area contributed by atoms with Crippen LogP contribution in [0.15, 0.2) is 54.6 Å². The van der Waals surface area contributed by atoms with Crippen molar-refractivity contribution in [3.63, 3.8) is 0 Å². The summed E-state index contributed by atoms with van der Waals surface area (Å²) in [6.45, 7) is -0.270. The van der Waals surface area contributed by atoms with Gasteiger partial charge in [0.05, 0.1) is 19.4 Å². The molecular formula is C20H15NO3. The molecule has 0 atom stereocenters. The second kappa shape index (κ2) is 6.95. The number of pyridine rings is 1. The highest BCUT2D eigenvalue weighted by molar-refractivity contribution is 5.89. The number of carbonyl (C=O) groups excluding carboxylic acids is 1. The molecule has 4 heteroatoms. The lowest BCUT2D eigenvalue weighted by molar-refractivity contribution is 0.0593. The SMILES string of the molecule is COC(=O)c1cc(C#Cc2cccc3ccccc23)cc(CO)n1. The molecule has 0 unspecified atom stereocenters. The number of aromatic nitrogens is 1. The van der Waals surface area contributed by atoms with Crippen LogP contribution in [-0.2, 0) is 11.3 Å². The molecule has 0 amide bonds. The minimum atomic E-state index is -0.557. The molecule has 118 valence electrons. The van der Waals surface area contributed by atoms with E-state index in [1.165, 1.54) is 7.11 Å². The Kier molecular flexibility index (Phi) is 4.55. The molecule has 4 nitrogen and oxygen atoms in total. The molecule has 0 aliphatic rings. The standard InChI is InChI=1S/C20H15NO3/c1-24-20(23)19-12-14(11-17(13-22)21-19)9-10-16-7-4-6-15-5-2-3-8-18(15)16/h2-8,11-12,22H,13H2,1H3. The van der Waals surface area contributed by atoms with E-state index in [1.807, 2.05) is 42.5 Å². The summed E-state index contributed by atoms with van der Waals surface area (Å²) >= 11 is 0. The van der Waals surface area contributed by atoms with Crippen molar-refractivity contribution in [2.24, 2.45) is 0 Å². The Balaban J connectivity index is 2.05. The summed E-state index contributed by atoms with van der Waals surface area (Å²) in [5.41, 5.74) is 2.00. The largest absolute Gasteiger partial charge is 0.464 e. The van der Waals surface area contributed by atoms with Crippen molar-refractivity contribution >= 4 is 16.7 Å². The normalized spacial score (nSPS) is 10.1. The number of benzene rings is 2. The summed E-state index contributed by atoms with van der Waals surface area (Å²) in [5, 5.41) is 11.5. The first kappa shape index (κ1) is 15.7. The number of aliphatic hydroxyl groups is 1. The van der Waals surface area contributed by atoms with Gasteiger partial charge < -0.3 is 9.84 Å². The van der Waals surface area contributed by atoms with Crippen LogP contribution in [0, 0.1) is 11.8 Å². The highest BCUT2D eigenvalue weighted by Crippen LogP contribution is 2.17. The third kappa shape index (κ3) is 3.27. The Morgan fingerprint density at radius 3 is 2.71 bits per heavy atom. The number of rotatable bonds is 2. The maximum atomic E-state index is 11.7. The van der Waals surface area contributed by atoms with Crippen molar-refractivity contribution in [1.82, 2.24) is 4.98 Å². The predicted molar refractivity (Wildman–Crippen MR) is 91.4 cm³/mol. The quantitative estimate of drug-likeness (QED) is 0.583. The van der Waals surface area contributed by atoms with Crippen LogP contribution in [0.2, 0.25) is 0 Å². The fourth-order valence-corrected chi connectivity index (χ4v) is 2.42. The minimum Gasteiger partial charge on any atom is -0.464 e. The molecule has 0 bridgehead atoms. The predicted octanol–water partition coefficient (Wildman–Crippen LogP) is 2.91. The lowest BCUT2D eigenvalue weighted by Crippen LogP contribution is -2.07. The first-order valence-electron chi connectivity index (χ1n) is 7.41. The molecule has 1 N–H and O–H groups in total. The Morgan fingerprint density at radius 1 is 1.12 bits per heavy atom. The molecular weight excluding hydrogens is 302 g/mol. The molecule has 0 aliphatic heterocycles. The van der Waals surface area contributed by atoms with Gasteiger partial charge >= 0.3 is 5.97 Å². The number of nitrogens with zero attached hydrogens (tertiary/aromatic N) is 1. The second-order valence-electron chi connectivity index (χ2n) is 5.16. The van der Waals surface area contributed by atoms with Gasteiger partial charge in [-0.1, -0.05) is 48.2 Å². The molecule has 0 saturated carbocycles. The monoisotopic (exact) mass is 317 g/mol. The van der Waals surface area contributed by atoms with Gasteiger partial charge in [-0.2, -0.15) is 0 Å². The molecule has 2 aromatic carbocycles. The van der Waals surface area contributed by atoms with Gasteiger partial charge in [-0.3, -0.25) is 0 Å². The molecule has 0 saturated heterocycles. The molecule has 0 radical (unpaired) electrons. The van der Waals surface area contributed by atoms with E-state index in [0.29, 0.717) is 11.3 Å². The molecule has 3 aromatic rings. The van der Waals surface area contributed by atoms with Crippen molar-refractivity contribution in [3.8, 4) is 11.8 Å². The minimum absolute atomic E-state index is 0.131. The summed E-state index contributed by atoms with van der Waals surface area (Å²) in [6.07, 6.45) is 0. The molecule has 1 aromatic heterocycles. The van der Waals surface area contributed by atoms with E-state index < -0.39 is 5.97 Å². The first-order valence-corrected chi connectivity index (χ1v) is 7.41. The summed E-state index contributed by atoms with van der Waals surface area (Å²) in [7, 11) is 1.29. The summed E-state index contributed by atoms with van der Waals surface area (Å²) in [4.78, 5) is 15.7. The zero-order chi connectivity index (χ0) is 16.9. The number of esters is 1. The number of carbonyl (C=O) groups is 1. The van der Waals surface area contributed by atoms with Gasteiger partial charge in [0.15, 0.2) is 0 Å². The Bertz CT molecular complexity index is 962. The number of methoxy groups -OCH3 is 1. The summed E-state index contributed by atoms with van der Waals surface area (Å²) in [6, 6.07) is 17.2.